The molecule has 13 heavy (non-hydrogen) atoms. The first-order valence-corrected chi connectivity index (χ1v) is 4.55. The third kappa shape index (κ3) is 1.52. The maximum Gasteiger partial charge on any atom is 0.179 e. The topological polar surface area (TPSA) is 43.1 Å². The molecule has 0 spiro atoms. The number of aromatic nitrogens is 4. The molecular formula is C9H12N4. The Balaban J connectivity index is 2.35. The predicted molar refractivity (Wildman–Crippen MR) is 49.4 cm³/mol. The normalized spacial score (nSPS) is 10.8. The number of fused-ring (bicyclic) bond motifs is 1. The molecule has 0 amide bonds. The molecule has 4 nitrogen and oxygen atoms in total. The minimum atomic E-state index is 0.827. The van der Waals surface area contributed by atoms with Crippen LogP contribution in [0.3, 0.4) is 0 Å². The predicted octanol–water partition coefficient (Wildman–Crippen LogP) is 1.47. The average molecular weight is 176 g/mol. The summed E-state index contributed by atoms with van der Waals surface area (Å²) >= 11 is 0. The summed E-state index contributed by atoms with van der Waals surface area (Å²) in [5, 5.41) is 8.13. The summed E-state index contributed by atoms with van der Waals surface area (Å²) in [5.41, 5.74) is 0.827. The Labute approximate surface area is 76.6 Å². The molecule has 0 N–H and O–H groups in total. The van der Waals surface area contributed by atoms with Gasteiger partial charge in [0.15, 0.2) is 5.65 Å². The van der Waals surface area contributed by atoms with Gasteiger partial charge in [0.05, 0.1) is 6.20 Å². The van der Waals surface area contributed by atoms with Gasteiger partial charge in [0.1, 0.15) is 5.82 Å². The van der Waals surface area contributed by atoms with E-state index in [4.69, 9.17) is 0 Å². The van der Waals surface area contributed by atoms with Gasteiger partial charge in [-0.25, -0.2) is 0 Å². The number of unbranched alkanes of at least 4 members (excludes halogenated alkanes) is 1. The average Bonchev–Trinajstić information content (AvgIpc) is 2.58. The number of rotatable bonds is 3. The van der Waals surface area contributed by atoms with E-state index in [1.807, 2.05) is 10.6 Å². The first kappa shape index (κ1) is 8.16. The molecule has 2 rings (SSSR count). The van der Waals surface area contributed by atoms with Crippen LogP contribution in [0, 0.1) is 0 Å². The van der Waals surface area contributed by atoms with Crippen LogP contribution in [0.15, 0.2) is 18.6 Å². The standard InChI is InChI=1S/C9H12N4/c1-2-3-4-8-11-12-9-7-10-5-6-13(8)9/h5-7H,2-4H2,1H3. The maximum absolute atomic E-state index is 4.11. The Morgan fingerprint density at radius 2 is 2.31 bits per heavy atom. The lowest BCUT2D eigenvalue weighted by atomic mass is 10.2. The van der Waals surface area contributed by atoms with Gasteiger partial charge in [-0.3, -0.25) is 9.38 Å². The molecule has 2 aromatic heterocycles. The van der Waals surface area contributed by atoms with Crippen molar-refractivity contribution in [2.75, 3.05) is 0 Å². The van der Waals surface area contributed by atoms with E-state index >= 15 is 0 Å². The fourth-order valence-corrected chi connectivity index (χ4v) is 1.31. The number of aryl methyl sites for hydroxylation is 1. The largest absolute Gasteiger partial charge is 0.284 e. The quantitative estimate of drug-likeness (QED) is 0.711. The van der Waals surface area contributed by atoms with Gasteiger partial charge in [-0.05, 0) is 6.42 Å². The maximum atomic E-state index is 4.11. The Bertz CT molecular complexity index is 393. The van der Waals surface area contributed by atoms with Gasteiger partial charge in [-0.15, -0.1) is 10.2 Å². The SMILES string of the molecule is CCCCc1nnc2cnccn12. The van der Waals surface area contributed by atoms with Gasteiger partial charge < -0.3 is 0 Å². The van der Waals surface area contributed by atoms with E-state index in [1.54, 1.807) is 12.4 Å². The highest BCUT2D eigenvalue weighted by molar-refractivity contribution is 5.33. The first-order chi connectivity index (χ1) is 6.42. The molecule has 0 atom stereocenters. The lowest BCUT2D eigenvalue weighted by Gasteiger charge is -1.96. The van der Waals surface area contributed by atoms with Gasteiger partial charge in [0.2, 0.25) is 0 Å². The van der Waals surface area contributed by atoms with Gasteiger partial charge in [-0.2, -0.15) is 0 Å². The van der Waals surface area contributed by atoms with E-state index in [0.717, 1.165) is 24.3 Å². The van der Waals surface area contributed by atoms with Crippen molar-refractivity contribution in [2.45, 2.75) is 26.2 Å². The van der Waals surface area contributed by atoms with Crippen molar-refractivity contribution < 1.29 is 0 Å². The summed E-state index contributed by atoms with van der Waals surface area (Å²) in [6.45, 7) is 2.17. The van der Waals surface area contributed by atoms with Crippen LogP contribution in [0.5, 0.6) is 0 Å². The fourth-order valence-electron chi connectivity index (χ4n) is 1.31. The van der Waals surface area contributed by atoms with Crippen molar-refractivity contribution in [3.05, 3.63) is 24.4 Å². The molecule has 68 valence electrons. The molecule has 0 fully saturated rings. The van der Waals surface area contributed by atoms with Crippen LogP contribution in [-0.2, 0) is 6.42 Å². The molecule has 2 heterocycles. The lowest BCUT2D eigenvalue weighted by Crippen LogP contribution is -1.94. The summed E-state index contributed by atoms with van der Waals surface area (Å²) in [7, 11) is 0. The number of hydrogen-bond donors (Lipinski definition) is 0. The lowest BCUT2D eigenvalue weighted by molar-refractivity contribution is 0.743. The Morgan fingerprint density at radius 1 is 1.38 bits per heavy atom. The molecule has 0 aliphatic carbocycles. The van der Waals surface area contributed by atoms with Crippen molar-refractivity contribution in [1.82, 2.24) is 19.6 Å². The van der Waals surface area contributed by atoms with E-state index in [1.165, 1.54) is 6.42 Å². The molecule has 0 saturated carbocycles. The molecule has 0 bridgehead atoms. The van der Waals surface area contributed by atoms with Crippen molar-refractivity contribution in [1.29, 1.82) is 0 Å². The zero-order valence-electron chi connectivity index (χ0n) is 7.64. The highest BCUT2D eigenvalue weighted by Crippen LogP contribution is 2.04. The molecule has 4 heteroatoms. The summed E-state index contributed by atoms with van der Waals surface area (Å²) in [5.74, 6) is 1.03. The van der Waals surface area contributed by atoms with Crippen molar-refractivity contribution in [2.24, 2.45) is 0 Å². The molecule has 0 aliphatic rings. The Morgan fingerprint density at radius 3 is 3.15 bits per heavy atom. The van der Waals surface area contributed by atoms with E-state index in [2.05, 4.69) is 22.1 Å². The fraction of sp³-hybridized carbons (Fsp3) is 0.444. The van der Waals surface area contributed by atoms with Crippen LogP contribution in [0.2, 0.25) is 0 Å². The molecule has 0 aliphatic heterocycles. The highest BCUT2D eigenvalue weighted by atomic mass is 15.2. The third-order valence-corrected chi connectivity index (χ3v) is 2.04. The van der Waals surface area contributed by atoms with E-state index in [9.17, 15) is 0 Å². The third-order valence-electron chi connectivity index (χ3n) is 2.04. The Kier molecular flexibility index (Phi) is 2.21. The highest BCUT2D eigenvalue weighted by Gasteiger charge is 2.02. The van der Waals surface area contributed by atoms with Crippen molar-refractivity contribution in [3.8, 4) is 0 Å². The summed E-state index contributed by atoms with van der Waals surface area (Å²) < 4.78 is 1.99. The van der Waals surface area contributed by atoms with E-state index in [0.29, 0.717) is 0 Å². The molecule has 0 unspecified atom stereocenters. The van der Waals surface area contributed by atoms with Crippen LogP contribution in [-0.4, -0.2) is 19.6 Å². The molecular weight excluding hydrogens is 164 g/mol. The molecule has 2 aromatic rings. The van der Waals surface area contributed by atoms with Crippen LogP contribution >= 0.6 is 0 Å². The summed E-state index contributed by atoms with van der Waals surface area (Å²) in [6, 6.07) is 0. The monoisotopic (exact) mass is 176 g/mol. The van der Waals surface area contributed by atoms with Crippen molar-refractivity contribution >= 4 is 5.65 Å². The van der Waals surface area contributed by atoms with Crippen LogP contribution in [0.1, 0.15) is 25.6 Å². The Hall–Kier alpha value is -1.45. The zero-order chi connectivity index (χ0) is 9.10. The summed E-state index contributed by atoms with van der Waals surface area (Å²) in [4.78, 5) is 3.98. The van der Waals surface area contributed by atoms with Gasteiger partial charge in [-0.1, -0.05) is 13.3 Å². The molecule has 0 saturated heterocycles. The van der Waals surface area contributed by atoms with Crippen LogP contribution in [0.25, 0.3) is 5.65 Å². The van der Waals surface area contributed by atoms with Gasteiger partial charge in [0, 0.05) is 18.8 Å². The zero-order valence-corrected chi connectivity index (χ0v) is 7.64. The minimum Gasteiger partial charge on any atom is -0.284 e. The van der Waals surface area contributed by atoms with E-state index in [-0.39, 0.29) is 0 Å². The number of nitrogens with zero attached hydrogens (tertiary/aromatic N) is 4. The second-order valence-corrected chi connectivity index (χ2v) is 3.02. The van der Waals surface area contributed by atoms with Crippen LogP contribution in [0.4, 0.5) is 0 Å². The minimum absolute atomic E-state index is 0.827. The van der Waals surface area contributed by atoms with Gasteiger partial charge in [0.25, 0.3) is 0 Å². The smallest absolute Gasteiger partial charge is 0.179 e. The second kappa shape index (κ2) is 3.51. The van der Waals surface area contributed by atoms with Gasteiger partial charge >= 0.3 is 0 Å². The van der Waals surface area contributed by atoms with Crippen molar-refractivity contribution in [3.63, 3.8) is 0 Å². The van der Waals surface area contributed by atoms with E-state index < -0.39 is 0 Å². The van der Waals surface area contributed by atoms with Crippen LogP contribution < -0.4 is 0 Å². The number of hydrogen-bond acceptors (Lipinski definition) is 3. The summed E-state index contributed by atoms with van der Waals surface area (Å²) in [6.07, 6.45) is 8.71. The molecule has 0 radical (unpaired) electrons. The first-order valence-electron chi connectivity index (χ1n) is 4.55. The second-order valence-electron chi connectivity index (χ2n) is 3.02. The molecule has 0 aromatic carbocycles.